The highest BCUT2D eigenvalue weighted by atomic mass is 15.1. The molecule has 6 aromatic carbocycles. The largest absolute Gasteiger partial charge is 0.294 e. The summed E-state index contributed by atoms with van der Waals surface area (Å²) in [6, 6.07) is 60.3. The Balaban J connectivity index is 1.16. The van der Waals surface area contributed by atoms with Gasteiger partial charge in [0.15, 0.2) is 17.5 Å². The number of hydrogen-bond donors (Lipinski definition) is 0. The summed E-state index contributed by atoms with van der Waals surface area (Å²) in [6.45, 7) is 0. The van der Waals surface area contributed by atoms with Gasteiger partial charge in [0.25, 0.3) is 0 Å². The lowest BCUT2D eigenvalue weighted by molar-refractivity contribution is 1.07. The summed E-state index contributed by atoms with van der Waals surface area (Å²) in [4.78, 5) is 20.2. The molecule has 0 atom stereocenters. The number of hydrogen-bond acceptors (Lipinski definition) is 4. The van der Waals surface area contributed by atoms with Crippen LogP contribution in [0.2, 0.25) is 0 Å². The number of nitrogens with zero attached hydrogens (tertiary/aromatic N) is 5. The van der Waals surface area contributed by atoms with E-state index in [-0.39, 0.29) is 0 Å². The van der Waals surface area contributed by atoms with E-state index in [0.29, 0.717) is 17.5 Å². The summed E-state index contributed by atoms with van der Waals surface area (Å²) in [6.07, 6.45) is 0. The Kier molecular flexibility index (Phi) is 7.06. The van der Waals surface area contributed by atoms with Gasteiger partial charge in [-0.05, 0) is 59.7 Å². The van der Waals surface area contributed by atoms with Crippen LogP contribution < -0.4 is 0 Å². The Hall–Kier alpha value is -6.72. The van der Waals surface area contributed by atoms with Crippen LogP contribution in [0.1, 0.15) is 0 Å². The summed E-state index contributed by atoms with van der Waals surface area (Å²) < 4.78 is 2.24. The van der Waals surface area contributed by atoms with E-state index in [0.717, 1.165) is 61.3 Å². The van der Waals surface area contributed by atoms with Gasteiger partial charge in [0.05, 0.1) is 11.2 Å². The maximum atomic E-state index is 5.19. The van der Waals surface area contributed by atoms with Crippen LogP contribution in [0, 0.1) is 0 Å². The van der Waals surface area contributed by atoms with Crippen molar-refractivity contribution in [3.63, 3.8) is 0 Å². The number of para-hydroxylation sites is 1. The first kappa shape index (κ1) is 28.5. The molecule has 5 heteroatoms. The average Bonchev–Trinajstić information content (AvgIpc) is 3.52. The van der Waals surface area contributed by atoms with Gasteiger partial charge in [-0.1, -0.05) is 127 Å². The molecular weight excluding hydrogens is 599 g/mol. The SMILES string of the molecule is c1ccc(-c2cccc(-c3nc(-c4ccccc4)nc(-c4ccc(-n5c6ccccc6c6ccc(-c7ccccc7)nc65)cc4)n3)c2)cc1. The topological polar surface area (TPSA) is 56.5 Å². The van der Waals surface area contributed by atoms with Crippen molar-refractivity contribution in [2.24, 2.45) is 0 Å². The van der Waals surface area contributed by atoms with Crippen molar-refractivity contribution in [1.29, 1.82) is 0 Å². The Morgan fingerprint density at radius 2 is 0.857 bits per heavy atom. The third kappa shape index (κ3) is 5.33. The molecule has 9 rings (SSSR count). The van der Waals surface area contributed by atoms with Crippen LogP contribution in [0.25, 0.3) is 84.2 Å². The molecule has 0 saturated carbocycles. The summed E-state index contributed by atoms with van der Waals surface area (Å²) in [5, 5.41) is 2.28. The second kappa shape index (κ2) is 12.1. The number of fused-ring (bicyclic) bond motifs is 3. The van der Waals surface area contributed by atoms with E-state index < -0.39 is 0 Å². The van der Waals surface area contributed by atoms with Crippen LogP contribution >= 0.6 is 0 Å². The van der Waals surface area contributed by atoms with Crippen molar-refractivity contribution in [1.82, 2.24) is 24.5 Å². The van der Waals surface area contributed by atoms with Crippen molar-refractivity contribution in [2.45, 2.75) is 0 Å². The van der Waals surface area contributed by atoms with Crippen LogP contribution in [-0.4, -0.2) is 24.5 Å². The van der Waals surface area contributed by atoms with Crippen LogP contribution in [0.5, 0.6) is 0 Å². The molecule has 0 aliphatic rings. The molecule has 230 valence electrons. The molecule has 9 aromatic rings. The third-order valence-electron chi connectivity index (χ3n) is 8.87. The van der Waals surface area contributed by atoms with Gasteiger partial charge >= 0.3 is 0 Å². The molecule has 0 N–H and O–H groups in total. The molecular formula is C44H29N5. The van der Waals surface area contributed by atoms with Gasteiger partial charge < -0.3 is 0 Å². The maximum Gasteiger partial charge on any atom is 0.164 e. The minimum Gasteiger partial charge on any atom is -0.294 e. The molecule has 3 aromatic heterocycles. The van der Waals surface area contributed by atoms with Gasteiger partial charge in [0, 0.05) is 38.7 Å². The van der Waals surface area contributed by atoms with Crippen molar-refractivity contribution in [3.8, 4) is 62.2 Å². The van der Waals surface area contributed by atoms with Crippen molar-refractivity contribution < 1.29 is 0 Å². The number of aromatic nitrogens is 5. The zero-order chi connectivity index (χ0) is 32.6. The maximum absolute atomic E-state index is 5.19. The lowest BCUT2D eigenvalue weighted by atomic mass is 10.0. The predicted octanol–water partition coefficient (Wildman–Crippen LogP) is 10.7. The monoisotopic (exact) mass is 627 g/mol. The van der Waals surface area contributed by atoms with E-state index in [4.69, 9.17) is 19.9 Å². The molecule has 0 aliphatic heterocycles. The average molecular weight is 628 g/mol. The fraction of sp³-hybridized carbons (Fsp3) is 0. The van der Waals surface area contributed by atoms with Gasteiger partial charge in [-0.2, -0.15) is 0 Å². The lowest BCUT2D eigenvalue weighted by Gasteiger charge is -2.11. The highest BCUT2D eigenvalue weighted by Gasteiger charge is 2.16. The van der Waals surface area contributed by atoms with Gasteiger partial charge in [0.1, 0.15) is 5.65 Å². The minimum absolute atomic E-state index is 0.618. The first-order chi connectivity index (χ1) is 24.3. The Morgan fingerprint density at radius 3 is 1.55 bits per heavy atom. The van der Waals surface area contributed by atoms with Gasteiger partial charge in [0.2, 0.25) is 0 Å². The zero-order valence-corrected chi connectivity index (χ0v) is 26.5. The van der Waals surface area contributed by atoms with Crippen molar-refractivity contribution in [2.75, 3.05) is 0 Å². The summed E-state index contributed by atoms with van der Waals surface area (Å²) in [7, 11) is 0. The molecule has 0 unspecified atom stereocenters. The second-order valence-corrected chi connectivity index (χ2v) is 12.0. The van der Waals surface area contributed by atoms with Crippen LogP contribution in [-0.2, 0) is 0 Å². The van der Waals surface area contributed by atoms with Crippen LogP contribution in [0.3, 0.4) is 0 Å². The Bertz CT molecular complexity index is 2580. The number of pyridine rings is 1. The van der Waals surface area contributed by atoms with E-state index in [9.17, 15) is 0 Å². The van der Waals surface area contributed by atoms with Gasteiger partial charge in [-0.3, -0.25) is 4.57 Å². The number of rotatable bonds is 6. The standard InChI is InChI=1S/C44H29N5/c1-4-13-30(14-5-1)34-19-12-20-35(29-34)43-47-41(32-17-8-3-9-18-32)46-42(48-43)33-23-25-36(26-24-33)49-40-22-11-10-21-37(40)38-27-28-39(45-44(38)49)31-15-6-2-7-16-31/h1-29H. The quantitative estimate of drug-likeness (QED) is 0.184. The van der Waals surface area contributed by atoms with Crippen molar-refractivity contribution >= 4 is 21.9 Å². The highest BCUT2D eigenvalue weighted by Crippen LogP contribution is 2.34. The summed E-state index contributed by atoms with van der Waals surface area (Å²) in [5.74, 6) is 1.88. The van der Waals surface area contributed by atoms with Crippen LogP contribution in [0.15, 0.2) is 176 Å². The lowest BCUT2D eigenvalue weighted by Crippen LogP contribution is -2.01. The molecule has 0 saturated heterocycles. The molecule has 0 fully saturated rings. The second-order valence-electron chi connectivity index (χ2n) is 12.0. The summed E-state index contributed by atoms with van der Waals surface area (Å²) >= 11 is 0. The van der Waals surface area contributed by atoms with Gasteiger partial charge in [-0.15, -0.1) is 0 Å². The van der Waals surface area contributed by atoms with Gasteiger partial charge in [-0.25, -0.2) is 19.9 Å². The fourth-order valence-electron chi connectivity index (χ4n) is 6.45. The zero-order valence-electron chi connectivity index (χ0n) is 26.5. The van der Waals surface area contributed by atoms with E-state index in [1.54, 1.807) is 0 Å². The first-order valence-corrected chi connectivity index (χ1v) is 16.3. The molecule has 0 radical (unpaired) electrons. The van der Waals surface area contributed by atoms with Crippen LogP contribution in [0.4, 0.5) is 0 Å². The highest BCUT2D eigenvalue weighted by molar-refractivity contribution is 6.08. The van der Waals surface area contributed by atoms with E-state index >= 15 is 0 Å². The normalized spacial score (nSPS) is 11.3. The smallest absolute Gasteiger partial charge is 0.164 e. The molecule has 0 spiro atoms. The molecule has 0 amide bonds. The number of benzene rings is 6. The molecule has 0 bridgehead atoms. The first-order valence-electron chi connectivity index (χ1n) is 16.3. The predicted molar refractivity (Wildman–Crippen MR) is 199 cm³/mol. The van der Waals surface area contributed by atoms with E-state index in [1.807, 2.05) is 54.6 Å². The summed E-state index contributed by atoms with van der Waals surface area (Å²) in [5.41, 5.74) is 10.1. The Labute approximate surface area is 283 Å². The third-order valence-corrected chi connectivity index (χ3v) is 8.87. The fourth-order valence-corrected chi connectivity index (χ4v) is 6.45. The molecule has 5 nitrogen and oxygen atoms in total. The van der Waals surface area contributed by atoms with E-state index in [2.05, 4.69) is 126 Å². The molecule has 49 heavy (non-hydrogen) atoms. The minimum atomic E-state index is 0.618. The molecule has 0 aliphatic carbocycles. The van der Waals surface area contributed by atoms with E-state index in [1.165, 1.54) is 5.39 Å². The van der Waals surface area contributed by atoms with Crippen molar-refractivity contribution in [3.05, 3.63) is 176 Å². The molecule has 3 heterocycles. The Morgan fingerprint density at radius 1 is 0.327 bits per heavy atom.